The van der Waals surface area contributed by atoms with E-state index in [0.717, 1.165) is 35.3 Å². The summed E-state index contributed by atoms with van der Waals surface area (Å²) in [6.45, 7) is 3.38. The van der Waals surface area contributed by atoms with Gasteiger partial charge in [0, 0.05) is 18.0 Å². The Kier molecular flexibility index (Phi) is 4.70. The van der Waals surface area contributed by atoms with Gasteiger partial charge in [0.2, 0.25) is 0 Å². The number of benzene rings is 2. The summed E-state index contributed by atoms with van der Waals surface area (Å²) in [4.78, 5) is 2.19. The molecule has 138 valence electrons. The minimum atomic E-state index is -0.279. The molecule has 0 radical (unpaired) electrons. The molecule has 3 nitrogen and oxygen atoms in total. The molecule has 0 spiro atoms. The first-order chi connectivity index (χ1) is 13.0. The van der Waals surface area contributed by atoms with E-state index in [1.165, 1.54) is 12.1 Å². The molecule has 0 saturated heterocycles. The summed E-state index contributed by atoms with van der Waals surface area (Å²) >= 11 is 0. The maximum atomic E-state index is 15.3. The fourth-order valence-corrected chi connectivity index (χ4v) is 3.79. The largest absolute Gasteiger partial charge is 0.302 e. The highest BCUT2D eigenvalue weighted by atomic mass is 19.1. The summed E-state index contributed by atoms with van der Waals surface area (Å²) in [5.74, 6) is -0.614. The van der Waals surface area contributed by atoms with E-state index in [-0.39, 0.29) is 17.6 Å². The number of aromatic nitrogens is 2. The lowest BCUT2D eigenvalue weighted by Crippen LogP contribution is -2.17. The van der Waals surface area contributed by atoms with E-state index in [9.17, 15) is 4.39 Å². The molecule has 2 heterocycles. The fraction of sp³-hybridized carbons (Fsp3) is 0.273. The Morgan fingerprint density at radius 1 is 1.00 bits per heavy atom. The summed E-state index contributed by atoms with van der Waals surface area (Å²) in [7, 11) is 2.03. The van der Waals surface area contributed by atoms with Crippen molar-refractivity contribution >= 4 is 0 Å². The van der Waals surface area contributed by atoms with Crippen LogP contribution in [0.5, 0.6) is 0 Å². The molecule has 1 aliphatic heterocycles. The molecular weight excluding hydrogens is 344 g/mol. The van der Waals surface area contributed by atoms with Gasteiger partial charge in [-0.15, -0.1) is 0 Å². The summed E-state index contributed by atoms with van der Waals surface area (Å²) in [5.41, 5.74) is 4.80. The Bertz CT molecular complexity index is 953. The zero-order chi connectivity index (χ0) is 19.0. The Labute approximate surface area is 157 Å². The normalized spacial score (nSPS) is 17.4. The number of aryl methyl sites for hydroxylation is 1. The van der Waals surface area contributed by atoms with Crippen molar-refractivity contribution in [3.63, 3.8) is 0 Å². The van der Waals surface area contributed by atoms with E-state index in [4.69, 9.17) is 0 Å². The predicted octanol–water partition coefficient (Wildman–Crippen LogP) is 4.70. The smallest absolute Gasteiger partial charge is 0.128 e. The molecule has 4 rings (SSSR count). The van der Waals surface area contributed by atoms with Gasteiger partial charge < -0.3 is 4.90 Å². The van der Waals surface area contributed by atoms with Crippen LogP contribution < -0.4 is 0 Å². The number of halogens is 2. The van der Waals surface area contributed by atoms with Crippen LogP contribution in [0.3, 0.4) is 0 Å². The van der Waals surface area contributed by atoms with Crippen LogP contribution in [0, 0.1) is 18.6 Å². The number of hydrogen-bond donors (Lipinski definition) is 0. The highest BCUT2D eigenvalue weighted by Gasteiger charge is 2.26. The Balaban J connectivity index is 1.83. The second-order valence-electron chi connectivity index (χ2n) is 7.22. The lowest BCUT2D eigenvalue weighted by molar-refractivity contribution is 0.328. The summed E-state index contributed by atoms with van der Waals surface area (Å²) < 4.78 is 28.6. The minimum absolute atomic E-state index is 0.0938. The van der Waals surface area contributed by atoms with Crippen molar-refractivity contribution in [1.82, 2.24) is 15.1 Å². The van der Waals surface area contributed by atoms with Crippen LogP contribution in [-0.4, -0.2) is 28.7 Å². The van der Waals surface area contributed by atoms with Gasteiger partial charge in [-0.25, -0.2) is 8.78 Å². The lowest BCUT2D eigenvalue weighted by atomic mass is 9.85. The van der Waals surface area contributed by atoms with Crippen LogP contribution in [0.4, 0.5) is 8.78 Å². The summed E-state index contributed by atoms with van der Waals surface area (Å²) in [6.07, 6.45) is 0.787. The molecule has 1 aromatic heterocycles. The van der Waals surface area contributed by atoms with Gasteiger partial charge in [0.05, 0.1) is 11.4 Å². The van der Waals surface area contributed by atoms with E-state index >= 15 is 4.39 Å². The van der Waals surface area contributed by atoms with Crippen LogP contribution >= 0.6 is 0 Å². The molecule has 27 heavy (non-hydrogen) atoms. The van der Waals surface area contributed by atoms with Gasteiger partial charge >= 0.3 is 0 Å². The third-order valence-corrected chi connectivity index (χ3v) is 5.17. The Morgan fingerprint density at radius 3 is 2.48 bits per heavy atom. The van der Waals surface area contributed by atoms with Gasteiger partial charge in [0.15, 0.2) is 0 Å². The standard InChI is InChI=1S/C22H21F2N3/c1-14-3-8-21(26-25-14)16-11-17-13-27(2)10-9-19(22(17)20(24)12-16)15-4-6-18(23)7-5-15/h3-8,11-12,19H,9-10,13H2,1-2H3. The molecule has 5 heteroatoms. The molecule has 0 bridgehead atoms. The number of rotatable bonds is 2. The van der Waals surface area contributed by atoms with Crippen LogP contribution in [0.15, 0.2) is 48.5 Å². The van der Waals surface area contributed by atoms with Crippen molar-refractivity contribution in [2.75, 3.05) is 13.6 Å². The van der Waals surface area contributed by atoms with Gasteiger partial charge in [-0.1, -0.05) is 12.1 Å². The Hall–Kier alpha value is -2.66. The van der Waals surface area contributed by atoms with E-state index in [1.54, 1.807) is 18.2 Å². The number of fused-ring (bicyclic) bond motifs is 1. The van der Waals surface area contributed by atoms with E-state index in [0.29, 0.717) is 17.8 Å². The zero-order valence-corrected chi connectivity index (χ0v) is 15.4. The van der Waals surface area contributed by atoms with E-state index in [1.807, 2.05) is 32.2 Å². The molecule has 0 N–H and O–H groups in total. The van der Waals surface area contributed by atoms with Crippen molar-refractivity contribution in [2.45, 2.75) is 25.8 Å². The molecule has 0 aliphatic carbocycles. The maximum Gasteiger partial charge on any atom is 0.128 e. The van der Waals surface area contributed by atoms with Crippen molar-refractivity contribution in [2.24, 2.45) is 0 Å². The first kappa shape index (κ1) is 17.7. The molecule has 0 amide bonds. The highest BCUT2D eigenvalue weighted by Crippen LogP contribution is 2.37. The van der Waals surface area contributed by atoms with Crippen molar-refractivity contribution in [3.8, 4) is 11.3 Å². The van der Waals surface area contributed by atoms with E-state index < -0.39 is 0 Å². The van der Waals surface area contributed by atoms with Crippen molar-refractivity contribution < 1.29 is 8.78 Å². The van der Waals surface area contributed by atoms with Crippen molar-refractivity contribution in [3.05, 3.63) is 82.5 Å². The number of nitrogens with zero attached hydrogens (tertiary/aromatic N) is 3. The summed E-state index contributed by atoms with van der Waals surface area (Å²) in [6, 6.07) is 13.7. The van der Waals surface area contributed by atoms with Gasteiger partial charge in [-0.3, -0.25) is 0 Å². The van der Waals surface area contributed by atoms with Crippen LogP contribution in [0.2, 0.25) is 0 Å². The zero-order valence-electron chi connectivity index (χ0n) is 15.4. The van der Waals surface area contributed by atoms with Crippen LogP contribution in [-0.2, 0) is 6.54 Å². The SMILES string of the molecule is Cc1ccc(-c2cc(F)c3c(c2)CN(C)CCC3c2ccc(F)cc2)nn1. The highest BCUT2D eigenvalue weighted by molar-refractivity contribution is 5.62. The molecule has 2 aromatic carbocycles. The molecule has 1 unspecified atom stereocenters. The molecule has 3 aromatic rings. The molecular formula is C22H21F2N3. The lowest BCUT2D eigenvalue weighted by Gasteiger charge is -2.19. The summed E-state index contributed by atoms with van der Waals surface area (Å²) in [5, 5.41) is 8.28. The Morgan fingerprint density at radius 2 is 1.78 bits per heavy atom. The van der Waals surface area contributed by atoms with Gasteiger partial charge in [-0.2, -0.15) is 10.2 Å². The van der Waals surface area contributed by atoms with Gasteiger partial charge in [0.25, 0.3) is 0 Å². The first-order valence-electron chi connectivity index (χ1n) is 9.08. The topological polar surface area (TPSA) is 29.0 Å². The monoisotopic (exact) mass is 365 g/mol. The molecule has 0 saturated carbocycles. The molecule has 0 fully saturated rings. The third-order valence-electron chi connectivity index (χ3n) is 5.17. The maximum absolute atomic E-state index is 15.3. The average Bonchev–Trinajstić information content (AvgIpc) is 2.81. The first-order valence-corrected chi connectivity index (χ1v) is 9.08. The van der Waals surface area contributed by atoms with Crippen LogP contribution in [0.1, 0.15) is 34.7 Å². The van der Waals surface area contributed by atoms with Crippen molar-refractivity contribution in [1.29, 1.82) is 0 Å². The molecule has 1 atom stereocenters. The second-order valence-corrected chi connectivity index (χ2v) is 7.22. The minimum Gasteiger partial charge on any atom is -0.302 e. The fourth-order valence-electron chi connectivity index (χ4n) is 3.79. The van der Waals surface area contributed by atoms with Crippen LogP contribution in [0.25, 0.3) is 11.3 Å². The molecule has 1 aliphatic rings. The third kappa shape index (κ3) is 3.60. The van der Waals surface area contributed by atoms with Gasteiger partial charge in [-0.05, 0) is 80.0 Å². The number of hydrogen-bond acceptors (Lipinski definition) is 3. The van der Waals surface area contributed by atoms with E-state index in [2.05, 4.69) is 15.1 Å². The quantitative estimate of drug-likeness (QED) is 0.659. The second kappa shape index (κ2) is 7.16. The average molecular weight is 365 g/mol. The predicted molar refractivity (Wildman–Crippen MR) is 101 cm³/mol. The van der Waals surface area contributed by atoms with Gasteiger partial charge in [0.1, 0.15) is 11.6 Å².